The van der Waals surface area contributed by atoms with Crippen LogP contribution in [0.5, 0.6) is 0 Å². The van der Waals surface area contributed by atoms with Gasteiger partial charge in [0.25, 0.3) is 0 Å². The van der Waals surface area contributed by atoms with Crippen molar-refractivity contribution in [1.29, 1.82) is 0 Å². The molecule has 3 rings (SSSR count). The van der Waals surface area contributed by atoms with E-state index < -0.39 is 0 Å². The predicted molar refractivity (Wildman–Crippen MR) is 65.6 cm³/mol. The number of aromatic nitrogens is 1. The molecule has 16 heavy (non-hydrogen) atoms. The third-order valence-corrected chi connectivity index (χ3v) is 3.74. The Hall–Kier alpha value is -1.09. The van der Waals surface area contributed by atoms with Crippen LogP contribution in [-0.2, 0) is 0 Å². The number of anilines is 1. The van der Waals surface area contributed by atoms with Gasteiger partial charge in [-0.1, -0.05) is 0 Å². The van der Waals surface area contributed by atoms with E-state index in [1.54, 1.807) is 0 Å². The summed E-state index contributed by atoms with van der Waals surface area (Å²) in [5.74, 6) is 0.735. The van der Waals surface area contributed by atoms with Crippen molar-refractivity contribution in [3.8, 4) is 0 Å². The maximum absolute atomic E-state index is 5.81. The molecule has 1 unspecified atom stereocenters. The van der Waals surface area contributed by atoms with Crippen LogP contribution in [0.15, 0.2) is 18.3 Å². The number of nitrogens with two attached hydrogens (primary N) is 1. The molecule has 86 valence electrons. The third kappa shape index (κ3) is 1.80. The lowest BCUT2D eigenvalue weighted by atomic mass is 10.2. The van der Waals surface area contributed by atoms with Crippen molar-refractivity contribution in [2.75, 3.05) is 18.0 Å². The maximum Gasteiger partial charge on any atom is 0.0455 e. The second kappa shape index (κ2) is 4.06. The summed E-state index contributed by atoms with van der Waals surface area (Å²) in [5, 5.41) is 0. The van der Waals surface area contributed by atoms with Crippen LogP contribution >= 0.6 is 0 Å². The largest absolute Gasteiger partial charge is 0.367 e. The predicted octanol–water partition coefficient (Wildman–Crippen LogP) is 1.89. The summed E-state index contributed by atoms with van der Waals surface area (Å²) in [6, 6.07) is 4.93. The van der Waals surface area contributed by atoms with Gasteiger partial charge in [-0.05, 0) is 37.8 Å². The summed E-state index contributed by atoms with van der Waals surface area (Å²) in [5.41, 5.74) is 8.42. The van der Waals surface area contributed by atoms with E-state index in [4.69, 9.17) is 5.73 Å². The Morgan fingerprint density at radius 1 is 1.38 bits per heavy atom. The molecule has 1 saturated carbocycles. The summed E-state index contributed by atoms with van der Waals surface area (Å²) in [4.78, 5) is 6.92. The molecule has 0 spiro atoms. The van der Waals surface area contributed by atoms with Crippen LogP contribution in [0, 0.1) is 0 Å². The lowest BCUT2D eigenvalue weighted by Gasteiger charge is -2.25. The van der Waals surface area contributed by atoms with Crippen molar-refractivity contribution in [2.24, 2.45) is 5.73 Å². The van der Waals surface area contributed by atoms with Gasteiger partial charge in [-0.2, -0.15) is 0 Å². The molecule has 1 saturated heterocycles. The topological polar surface area (TPSA) is 42.1 Å². The number of hydrogen-bond acceptors (Lipinski definition) is 3. The molecule has 0 aromatic carbocycles. The highest BCUT2D eigenvalue weighted by atomic mass is 15.2. The zero-order chi connectivity index (χ0) is 11.0. The molecule has 1 aromatic rings. The molecule has 0 radical (unpaired) electrons. The first-order chi connectivity index (χ1) is 7.88. The highest BCUT2D eigenvalue weighted by Crippen LogP contribution is 2.40. The Bertz CT molecular complexity index is 373. The second-order valence-electron chi connectivity index (χ2n) is 4.94. The van der Waals surface area contributed by atoms with Crippen LogP contribution < -0.4 is 10.6 Å². The Labute approximate surface area is 96.7 Å². The smallest absolute Gasteiger partial charge is 0.0455 e. The Balaban J connectivity index is 1.84. The van der Waals surface area contributed by atoms with Crippen molar-refractivity contribution < 1.29 is 0 Å². The van der Waals surface area contributed by atoms with E-state index in [1.165, 1.54) is 37.1 Å². The number of rotatable bonds is 3. The molecule has 1 aliphatic heterocycles. The molecule has 2 N–H and O–H groups in total. The normalized spacial score (nSPS) is 25.1. The van der Waals surface area contributed by atoms with Crippen LogP contribution in [0.2, 0.25) is 0 Å². The van der Waals surface area contributed by atoms with E-state index >= 15 is 0 Å². The number of hydrogen-bond donors (Lipinski definition) is 1. The van der Waals surface area contributed by atoms with Crippen molar-refractivity contribution in [3.63, 3.8) is 0 Å². The fourth-order valence-electron chi connectivity index (χ4n) is 2.64. The van der Waals surface area contributed by atoms with Gasteiger partial charge >= 0.3 is 0 Å². The molecule has 2 fully saturated rings. The monoisotopic (exact) mass is 217 g/mol. The Kier molecular flexibility index (Phi) is 2.56. The number of pyridine rings is 1. The second-order valence-corrected chi connectivity index (χ2v) is 4.94. The van der Waals surface area contributed by atoms with E-state index in [9.17, 15) is 0 Å². The Morgan fingerprint density at radius 2 is 2.25 bits per heavy atom. The van der Waals surface area contributed by atoms with Crippen LogP contribution in [0.1, 0.15) is 37.3 Å². The zero-order valence-electron chi connectivity index (χ0n) is 9.60. The van der Waals surface area contributed by atoms with Crippen molar-refractivity contribution in [3.05, 3.63) is 24.0 Å². The summed E-state index contributed by atoms with van der Waals surface area (Å²) in [7, 11) is 0. The summed E-state index contributed by atoms with van der Waals surface area (Å²) < 4.78 is 0. The van der Waals surface area contributed by atoms with Gasteiger partial charge in [0.1, 0.15) is 0 Å². The standard InChI is InChI=1S/C13H19N3/c14-9-12-2-1-7-16(12)11-5-6-15-13(8-11)10-3-4-10/h5-6,8,10,12H,1-4,7,9,14H2. The first-order valence-electron chi connectivity index (χ1n) is 6.31. The minimum absolute atomic E-state index is 0.537. The quantitative estimate of drug-likeness (QED) is 0.840. The molecule has 1 aromatic heterocycles. The lowest BCUT2D eigenvalue weighted by molar-refractivity contribution is 0.676. The van der Waals surface area contributed by atoms with Crippen molar-refractivity contribution >= 4 is 5.69 Å². The van der Waals surface area contributed by atoms with Gasteiger partial charge in [-0.3, -0.25) is 4.98 Å². The molecule has 3 nitrogen and oxygen atoms in total. The van der Waals surface area contributed by atoms with E-state index in [1.807, 2.05) is 6.20 Å². The van der Waals surface area contributed by atoms with Gasteiger partial charge in [-0.25, -0.2) is 0 Å². The van der Waals surface area contributed by atoms with Gasteiger partial charge < -0.3 is 10.6 Å². The van der Waals surface area contributed by atoms with Crippen LogP contribution in [0.4, 0.5) is 5.69 Å². The first kappa shape index (κ1) is 10.1. The van der Waals surface area contributed by atoms with Crippen LogP contribution in [0.3, 0.4) is 0 Å². The fourth-order valence-corrected chi connectivity index (χ4v) is 2.64. The number of nitrogens with zero attached hydrogens (tertiary/aromatic N) is 2. The minimum atomic E-state index is 0.537. The van der Waals surface area contributed by atoms with Gasteiger partial charge in [0, 0.05) is 42.6 Å². The van der Waals surface area contributed by atoms with Crippen LogP contribution in [-0.4, -0.2) is 24.1 Å². The molecule has 1 atom stereocenters. The third-order valence-electron chi connectivity index (χ3n) is 3.74. The molecule has 1 aliphatic carbocycles. The SMILES string of the molecule is NCC1CCCN1c1ccnc(C2CC2)c1. The van der Waals surface area contributed by atoms with E-state index in [-0.39, 0.29) is 0 Å². The minimum Gasteiger partial charge on any atom is -0.367 e. The van der Waals surface area contributed by atoms with Gasteiger partial charge in [0.2, 0.25) is 0 Å². The van der Waals surface area contributed by atoms with Crippen molar-refractivity contribution in [1.82, 2.24) is 4.98 Å². The zero-order valence-corrected chi connectivity index (χ0v) is 9.60. The van der Waals surface area contributed by atoms with E-state index in [0.29, 0.717) is 6.04 Å². The molecule has 0 amide bonds. The average molecular weight is 217 g/mol. The van der Waals surface area contributed by atoms with Gasteiger partial charge in [0.05, 0.1) is 0 Å². The molecule has 2 aliphatic rings. The summed E-state index contributed by atoms with van der Waals surface area (Å²) in [6.45, 7) is 1.91. The van der Waals surface area contributed by atoms with E-state index in [0.717, 1.165) is 19.0 Å². The first-order valence-corrected chi connectivity index (χ1v) is 6.31. The van der Waals surface area contributed by atoms with E-state index in [2.05, 4.69) is 22.0 Å². The average Bonchev–Trinajstić information content (AvgIpc) is 3.07. The molecule has 0 bridgehead atoms. The highest BCUT2D eigenvalue weighted by Gasteiger charge is 2.27. The molecule has 2 heterocycles. The van der Waals surface area contributed by atoms with Crippen molar-refractivity contribution in [2.45, 2.75) is 37.6 Å². The molecular weight excluding hydrogens is 198 g/mol. The summed E-state index contributed by atoms with van der Waals surface area (Å²) in [6.07, 6.45) is 7.09. The summed E-state index contributed by atoms with van der Waals surface area (Å²) >= 11 is 0. The fraction of sp³-hybridized carbons (Fsp3) is 0.615. The molecular formula is C13H19N3. The Morgan fingerprint density at radius 3 is 3.00 bits per heavy atom. The maximum atomic E-state index is 5.81. The molecule has 3 heteroatoms. The van der Waals surface area contributed by atoms with Gasteiger partial charge in [0.15, 0.2) is 0 Å². The van der Waals surface area contributed by atoms with Gasteiger partial charge in [-0.15, -0.1) is 0 Å². The lowest BCUT2D eigenvalue weighted by Crippen LogP contribution is -2.35. The highest BCUT2D eigenvalue weighted by molar-refractivity contribution is 5.49. The van der Waals surface area contributed by atoms with Crippen LogP contribution in [0.25, 0.3) is 0 Å².